The summed E-state index contributed by atoms with van der Waals surface area (Å²) in [5.74, 6) is -0.365. The first-order valence-electron chi connectivity index (χ1n) is 3.98. The summed E-state index contributed by atoms with van der Waals surface area (Å²) in [6.45, 7) is 1.63. The average Bonchev–Trinajstić information content (AvgIpc) is 2.11. The van der Waals surface area contributed by atoms with Crippen LogP contribution in [-0.4, -0.2) is 12.5 Å². The summed E-state index contributed by atoms with van der Waals surface area (Å²) in [4.78, 5) is 9.99. The maximum atomic E-state index is 12.9. The second kappa shape index (κ2) is 4.12. The predicted molar refractivity (Wildman–Crippen MR) is 45.8 cm³/mol. The number of carbonyl (C=O) groups excluding carboxylic acids is 1. The van der Waals surface area contributed by atoms with Crippen LogP contribution in [-0.2, 0) is 11.2 Å². The van der Waals surface area contributed by atoms with E-state index in [0.717, 1.165) is 0 Å². The monoisotopic (exact) mass is 184 g/mol. The van der Waals surface area contributed by atoms with Gasteiger partial charge >= 0.3 is 0 Å². The predicted octanol–water partition coefficient (Wildman–Crippen LogP) is 2.21. The van der Waals surface area contributed by atoms with Crippen LogP contribution in [0.5, 0.6) is 0 Å². The molecule has 0 heterocycles. The molecule has 0 saturated carbocycles. The van der Waals surface area contributed by atoms with E-state index in [4.69, 9.17) is 0 Å². The van der Waals surface area contributed by atoms with Gasteiger partial charge in [-0.2, -0.15) is 0 Å². The zero-order valence-corrected chi connectivity index (χ0v) is 7.26. The summed E-state index contributed by atoms with van der Waals surface area (Å²) in [7, 11) is 0. The van der Waals surface area contributed by atoms with E-state index >= 15 is 0 Å². The average molecular weight is 184 g/mol. The zero-order chi connectivity index (χ0) is 9.84. The Labute approximate surface area is 75.4 Å². The first-order chi connectivity index (χ1) is 6.13. The molecule has 70 valence electrons. The van der Waals surface area contributed by atoms with Crippen LogP contribution >= 0.6 is 0 Å². The molecule has 13 heavy (non-hydrogen) atoms. The fourth-order valence-electron chi connectivity index (χ4n) is 1.04. The number of carbonyl (C=O) groups is 1. The Hall–Kier alpha value is -1.25. The van der Waals surface area contributed by atoms with Gasteiger partial charge in [0.2, 0.25) is 0 Å². The highest BCUT2D eigenvalue weighted by molar-refractivity contribution is 5.56. The molecule has 0 fully saturated rings. The van der Waals surface area contributed by atoms with Crippen LogP contribution in [0.3, 0.4) is 0 Å². The molecule has 0 spiro atoms. The molecule has 1 aromatic carbocycles. The number of rotatable bonds is 3. The lowest BCUT2D eigenvalue weighted by atomic mass is 10.1. The molecule has 0 aliphatic heterocycles. The van der Waals surface area contributed by atoms with Crippen LogP contribution in [0.15, 0.2) is 18.2 Å². The zero-order valence-electron chi connectivity index (χ0n) is 7.26. The number of benzene rings is 1. The van der Waals surface area contributed by atoms with Gasteiger partial charge in [-0.1, -0.05) is 12.1 Å². The summed E-state index contributed by atoms with van der Waals surface area (Å²) >= 11 is 0. The fourth-order valence-corrected chi connectivity index (χ4v) is 1.04. The van der Waals surface area contributed by atoms with Crippen LogP contribution in [0.1, 0.15) is 11.1 Å². The SMILES string of the molecule is Cc1ccc(CC(F)C=O)cc1F. The third kappa shape index (κ3) is 2.61. The number of aryl methyl sites for hydroxylation is 1. The second-order valence-electron chi connectivity index (χ2n) is 2.94. The van der Waals surface area contributed by atoms with E-state index in [9.17, 15) is 13.6 Å². The molecule has 0 bridgehead atoms. The van der Waals surface area contributed by atoms with Crippen molar-refractivity contribution in [3.63, 3.8) is 0 Å². The van der Waals surface area contributed by atoms with Gasteiger partial charge in [-0.05, 0) is 24.1 Å². The van der Waals surface area contributed by atoms with Gasteiger partial charge in [0.1, 0.15) is 5.82 Å². The Bertz CT molecular complexity index is 310. The van der Waals surface area contributed by atoms with Crippen LogP contribution in [0.4, 0.5) is 8.78 Å². The van der Waals surface area contributed by atoms with Crippen molar-refractivity contribution >= 4 is 6.29 Å². The Kier molecular flexibility index (Phi) is 3.12. The van der Waals surface area contributed by atoms with Crippen LogP contribution in [0, 0.1) is 12.7 Å². The Morgan fingerprint density at radius 2 is 2.23 bits per heavy atom. The van der Waals surface area contributed by atoms with Crippen molar-refractivity contribution in [2.24, 2.45) is 0 Å². The number of alkyl halides is 1. The van der Waals surface area contributed by atoms with E-state index in [1.165, 1.54) is 6.07 Å². The molecule has 1 nitrogen and oxygen atoms in total. The highest BCUT2D eigenvalue weighted by atomic mass is 19.1. The lowest BCUT2D eigenvalue weighted by Crippen LogP contribution is -2.05. The molecule has 0 aromatic heterocycles. The highest BCUT2D eigenvalue weighted by Gasteiger charge is 2.06. The van der Waals surface area contributed by atoms with Crippen molar-refractivity contribution in [1.82, 2.24) is 0 Å². The molecule has 0 radical (unpaired) electrons. The van der Waals surface area contributed by atoms with Crippen molar-refractivity contribution in [1.29, 1.82) is 0 Å². The Morgan fingerprint density at radius 1 is 1.54 bits per heavy atom. The van der Waals surface area contributed by atoms with Gasteiger partial charge in [-0.3, -0.25) is 0 Å². The molecule has 1 unspecified atom stereocenters. The molecule has 1 aromatic rings. The third-order valence-electron chi connectivity index (χ3n) is 1.81. The normalized spacial score (nSPS) is 12.5. The quantitative estimate of drug-likeness (QED) is 0.658. The number of hydrogen-bond donors (Lipinski definition) is 0. The molecule has 3 heteroatoms. The summed E-state index contributed by atoms with van der Waals surface area (Å²) < 4.78 is 25.5. The van der Waals surface area contributed by atoms with E-state index in [1.807, 2.05) is 0 Å². The molecule has 0 amide bonds. The minimum absolute atomic E-state index is 0.0549. The number of halogens is 2. The van der Waals surface area contributed by atoms with Gasteiger partial charge in [0.05, 0.1) is 0 Å². The summed E-state index contributed by atoms with van der Waals surface area (Å²) in [6, 6.07) is 4.45. The molecule has 1 atom stereocenters. The van der Waals surface area contributed by atoms with Gasteiger partial charge in [-0.25, -0.2) is 8.78 Å². The molecule has 0 N–H and O–H groups in total. The minimum Gasteiger partial charge on any atom is -0.300 e. The maximum Gasteiger partial charge on any atom is 0.159 e. The molecule has 0 aliphatic carbocycles. The van der Waals surface area contributed by atoms with Crippen LogP contribution in [0.25, 0.3) is 0 Å². The van der Waals surface area contributed by atoms with Crippen LogP contribution < -0.4 is 0 Å². The first kappa shape index (κ1) is 9.84. The van der Waals surface area contributed by atoms with E-state index < -0.39 is 6.17 Å². The van der Waals surface area contributed by atoms with Crippen molar-refractivity contribution in [3.8, 4) is 0 Å². The third-order valence-corrected chi connectivity index (χ3v) is 1.81. The van der Waals surface area contributed by atoms with E-state index in [2.05, 4.69) is 0 Å². The van der Waals surface area contributed by atoms with Crippen molar-refractivity contribution in [2.75, 3.05) is 0 Å². The van der Waals surface area contributed by atoms with Gasteiger partial charge < -0.3 is 4.79 Å². The van der Waals surface area contributed by atoms with Gasteiger partial charge in [0, 0.05) is 6.42 Å². The van der Waals surface area contributed by atoms with Crippen molar-refractivity contribution < 1.29 is 13.6 Å². The van der Waals surface area contributed by atoms with E-state index in [1.54, 1.807) is 19.1 Å². The second-order valence-corrected chi connectivity index (χ2v) is 2.94. The number of aldehydes is 1. The molecule has 1 rings (SSSR count). The topological polar surface area (TPSA) is 17.1 Å². The van der Waals surface area contributed by atoms with Crippen LogP contribution in [0.2, 0.25) is 0 Å². The fraction of sp³-hybridized carbons (Fsp3) is 0.300. The molecule has 0 saturated heterocycles. The lowest BCUT2D eigenvalue weighted by Gasteiger charge is -2.02. The minimum atomic E-state index is -1.54. The smallest absolute Gasteiger partial charge is 0.159 e. The lowest BCUT2D eigenvalue weighted by molar-refractivity contribution is -0.111. The molecule has 0 aliphatic rings. The first-order valence-corrected chi connectivity index (χ1v) is 3.98. The van der Waals surface area contributed by atoms with Crippen molar-refractivity contribution in [2.45, 2.75) is 19.5 Å². The summed E-state index contributed by atoms with van der Waals surface area (Å²) in [5.41, 5.74) is 1.02. The van der Waals surface area contributed by atoms with E-state index in [0.29, 0.717) is 11.1 Å². The van der Waals surface area contributed by atoms with Gasteiger partial charge in [0.25, 0.3) is 0 Å². The maximum absolute atomic E-state index is 12.9. The largest absolute Gasteiger partial charge is 0.300 e. The molecular weight excluding hydrogens is 174 g/mol. The van der Waals surface area contributed by atoms with Gasteiger partial charge in [0.15, 0.2) is 12.5 Å². The Morgan fingerprint density at radius 3 is 2.77 bits per heavy atom. The number of hydrogen-bond acceptors (Lipinski definition) is 1. The Balaban J connectivity index is 2.79. The molecular formula is C10H10F2O. The summed E-state index contributed by atoms with van der Waals surface area (Å²) in [5, 5.41) is 0. The highest BCUT2D eigenvalue weighted by Crippen LogP contribution is 2.11. The van der Waals surface area contributed by atoms with Gasteiger partial charge in [-0.15, -0.1) is 0 Å². The standard InChI is InChI=1S/C10H10F2O/c1-7-2-3-8(5-10(7)12)4-9(11)6-13/h2-3,5-6,9H,4H2,1H3. The van der Waals surface area contributed by atoms with Crippen molar-refractivity contribution in [3.05, 3.63) is 35.1 Å². The summed E-state index contributed by atoms with van der Waals surface area (Å²) in [6.07, 6.45) is -1.37. The van der Waals surface area contributed by atoms with E-state index in [-0.39, 0.29) is 18.5 Å².